The molecule has 0 aliphatic heterocycles. The molecular weight excluding hydrogens is 330 g/mol. The van der Waals surface area contributed by atoms with Crippen LogP contribution in [0.4, 0.5) is 0 Å². The molecule has 0 amide bonds. The monoisotopic (exact) mass is 357 g/mol. The zero-order chi connectivity index (χ0) is 15.7. The van der Waals surface area contributed by atoms with Gasteiger partial charge in [0.05, 0.1) is 12.7 Å². The number of halogens is 1. The van der Waals surface area contributed by atoms with Gasteiger partial charge in [-0.1, -0.05) is 48.0 Å². The first-order valence-electron chi connectivity index (χ1n) is 7.74. The Hall–Kier alpha value is -0.420. The highest BCUT2D eigenvalue weighted by atomic mass is 79.9. The Morgan fingerprint density at radius 1 is 1.24 bits per heavy atom. The minimum absolute atomic E-state index is 0.191. The lowest BCUT2D eigenvalue weighted by Gasteiger charge is -2.18. The molecule has 3 nitrogen and oxygen atoms in total. The van der Waals surface area contributed by atoms with E-state index in [0.717, 1.165) is 17.5 Å². The van der Waals surface area contributed by atoms with Crippen LogP contribution in [-0.2, 0) is 4.74 Å². The van der Waals surface area contributed by atoms with Gasteiger partial charge in [-0.3, -0.25) is 0 Å². The van der Waals surface area contributed by atoms with Crippen molar-refractivity contribution in [2.75, 3.05) is 19.8 Å². The molecule has 1 aromatic carbocycles. The Morgan fingerprint density at radius 3 is 2.62 bits per heavy atom. The van der Waals surface area contributed by atoms with Crippen LogP contribution in [0.1, 0.15) is 45.2 Å². The second-order valence-electron chi connectivity index (χ2n) is 5.92. The number of nitrogens with one attached hydrogen (secondary N) is 1. The molecule has 0 fully saturated rings. The molecule has 1 rings (SSSR count). The van der Waals surface area contributed by atoms with Crippen molar-refractivity contribution in [3.8, 4) is 0 Å². The Bertz CT molecular complexity index is 398. The van der Waals surface area contributed by atoms with Gasteiger partial charge in [0.1, 0.15) is 0 Å². The Labute approximate surface area is 137 Å². The van der Waals surface area contributed by atoms with Gasteiger partial charge in [0.15, 0.2) is 0 Å². The SMILES string of the molecule is CC(C)CCCOCC(O)CN[C@@H](C)c1ccccc1Br. The third-order valence-electron chi connectivity index (χ3n) is 3.41. The molecule has 2 N–H and O–H groups in total. The molecule has 0 saturated heterocycles. The van der Waals surface area contributed by atoms with E-state index in [-0.39, 0.29) is 6.04 Å². The molecule has 2 atom stereocenters. The second-order valence-corrected chi connectivity index (χ2v) is 6.77. The fourth-order valence-electron chi connectivity index (χ4n) is 2.12. The molecular formula is C17H28BrNO2. The summed E-state index contributed by atoms with van der Waals surface area (Å²) in [5.74, 6) is 0.713. The van der Waals surface area contributed by atoms with Crippen molar-refractivity contribution < 1.29 is 9.84 Å². The van der Waals surface area contributed by atoms with Gasteiger partial charge in [-0.05, 0) is 37.3 Å². The average Bonchev–Trinajstić information content (AvgIpc) is 2.44. The summed E-state index contributed by atoms with van der Waals surface area (Å²) in [5.41, 5.74) is 1.20. The van der Waals surface area contributed by atoms with E-state index in [1.165, 1.54) is 12.0 Å². The van der Waals surface area contributed by atoms with Gasteiger partial charge in [-0.15, -0.1) is 0 Å². The highest BCUT2D eigenvalue weighted by Gasteiger charge is 2.11. The number of aliphatic hydroxyl groups excluding tert-OH is 1. The quantitative estimate of drug-likeness (QED) is 0.623. The van der Waals surface area contributed by atoms with E-state index in [4.69, 9.17) is 4.74 Å². The zero-order valence-corrected chi connectivity index (χ0v) is 14.9. The zero-order valence-electron chi connectivity index (χ0n) is 13.3. The smallest absolute Gasteiger partial charge is 0.0897 e. The van der Waals surface area contributed by atoms with Gasteiger partial charge in [0.2, 0.25) is 0 Å². The predicted octanol–water partition coefficient (Wildman–Crippen LogP) is 3.91. The van der Waals surface area contributed by atoms with Crippen molar-refractivity contribution in [1.29, 1.82) is 0 Å². The highest BCUT2D eigenvalue weighted by Crippen LogP contribution is 2.22. The van der Waals surface area contributed by atoms with Crippen molar-refractivity contribution >= 4 is 15.9 Å². The lowest BCUT2D eigenvalue weighted by atomic mass is 10.1. The number of rotatable bonds is 10. The Balaban J connectivity index is 2.18. The van der Waals surface area contributed by atoms with Crippen molar-refractivity contribution in [1.82, 2.24) is 5.32 Å². The van der Waals surface area contributed by atoms with Crippen LogP contribution in [-0.4, -0.2) is 31.0 Å². The van der Waals surface area contributed by atoms with E-state index in [0.29, 0.717) is 19.1 Å². The number of hydrogen-bond donors (Lipinski definition) is 2. The highest BCUT2D eigenvalue weighted by molar-refractivity contribution is 9.10. The molecule has 0 bridgehead atoms. The molecule has 0 radical (unpaired) electrons. The maximum absolute atomic E-state index is 9.92. The van der Waals surface area contributed by atoms with Gasteiger partial charge in [-0.2, -0.15) is 0 Å². The fourth-order valence-corrected chi connectivity index (χ4v) is 2.75. The van der Waals surface area contributed by atoms with E-state index < -0.39 is 6.10 Å². The largest absolute Gasteiger partial charge is 0.389 e. The Morgan fingerprint density at radius 2 is 1.95 bits per heavy atom. The molecule has 1 aromatic rings. The summed E-state index contributed by atoms with van der Waals surface area (Å²) in [6.07, 6.45) is 1.77. The van der Waals surface area contributed by atoms with Gasteiger partial charge in [0.25, 0.3) is 0 Å². The fraction of sp³-hybridized carbons (Fsp3) is 0.647. The van der Waals surface area contributed by atoms with E-state index in [2.05, 4.69) is 48.1 Å². The maximum Gasteiger partial charge on any atom is 0.0897 e. The van der Waals surface area contributed by atoms with Crippen molar-refractivity contribution in [3.05, 3.63) is 34.3 Å². The van der Waals surface area contributed by atoms with E-state index >= 15 is 0 Å². The number of benzene rings is 1. The minimum Gasteiger partial charge on any atom is -0.389 e. The van der Waals surface area contributed by atoms with Crippen LogP contribution in [0.25, 0.3) is 0 Å². The molecule has 4 heteroatoms. The molecule has 1 unspecified atom stereocenters. The number of ether oxygens (including phenoxy) is 1. The lowest BCUT2D eigenvalue weighted by molar-refractivity contribution is 0.0337. The molecule has 0 saturated carbocycles. The summed E-state index contributed by atoms with van der Waals surface area (Å²) in [4.78, 5) is 0. The van der Waals surface area contributed by atoms with Crippen LogP contribution in [0.2, 0.25) is 0 Å². The lowest BCUT2D eigenvalue weighted by Crippen LogP contribution is -2.32. The molecule has 120 valence electrons. The number of hydrogen-bond acceptors (Lipinski definition) is 3. The van der Waals surface area contributed by atoms with Crippen molar-refractivity contribution in [2.24, 2.45) is 5.92 Å². The Kier molecular flexibility index (Phi) is 9.16. The molecule has 0 heterocycles. The standard InChI is InChI=1S/C17H28BrNO2/c1-13(2)7-6-10-21-12-15(20)11-19-14(3)16-8-4-5-9-17(16)18/h4-5,8-9,13-15,19-20H,6-7,10-12H2,1-3H3/t14-,15?/m0/s1. The summed E-state index contributed by atoms with van der Waals surface area (Å²) in [6, 6.07) is 8.32. The summed E-state index contributed by atoms with van der Waals surface area (Å²) >= 11 is 3.55. The normalized spacial score (nSPS) is 14.4. The summed E-state index contributed by atoms with van der Waals surface area (Å²) in [6.45, 7) is 8.18. The van der Waals surface area contributed by atoms with Crippen molar-refractivity contribution in [3.63, 3.8) is 0 Å². The topological polar surface area (TPSA) is 41.5 Å². The first-order chi connectivity index (χ1) is 10.0. The van der Waals surface area contributed by atoms with E-state index in [9.17, 15) is 5.11 Å². The third kappa shape index (κ3) is 7.96. The first kappa shape index (κ1) is 18.6. The van der Waals surface area contributed by atoms with Gasteiger partial charge < -0.3 is 15.2 Å². The van der Waals surface area contributed by atoms with Crippen LogP contribution in [0.15, 0.2) is 28.7 Å². The van der Waals surface area contributed by atoms with Crippen molar-refractivity contribution in [2.45, 2.75) is 45.8 Å². The second kappa shape index (κ2) is 10.3. The molecule has 0 aliphatic rings. The van der Waals surface area contributed by atoms with Gasteiger partial charge >= 0.3 is 0 Å². The summed E-state index contributed by atoms with van der Waals surface area (Å²) in [5, 5.41) is 13.3. The number of aliphatic hydroxyl groups is 1. The molecule has 21 heavy (non-hydrogen) atoms. The van der Waals surface area contributed by atoms with Crippen LogP contribution in [0.3, 0.4) is 0 Å². The maximum atomic E-state index is 9.92. The van der Waals surface area contributed by atoms with Gasteiger partial charge in [-0.25, -0.2) is 0 Å². The van der Waals surface area contributed by atoms with Crippen LogP contribution in [0.5, 0.6) is 0 Å². The molecule has 0 spiro atoms. The first-order valence-corrected chi connectivity index (χ1v) is 8.53. The summed E-state index contributed by atoms with van der Waals surface area (Å²) < 4.78 is 6.60. The van der Waals surface area contributed by atoms with Crippen LogP contribution >= 0.6 is 15.9 Å². The molecule has 0 aliphatic carbocycles. The van der Waals surface area contributed by atoms with Gasteiger partial charge in [0, 0.05) is 23.7 Å². The predicted molar refractivity (Wildman–Crippen MR) is 91.5 cm³/mol. The average molecular weight is 358 g/mol. The van der Waals surface area contributed by atoms with E-state index in [1.807, 2.05) is 18.2 Å². The summed E-state index contributed by atoms with van der Waals surface area (Å²) in [7, 11) is 0. The third-order valence-corrected chi connectivity index (χ3v) is 4.13. The minimum atomic E-state index is -0.464. The van der Waals surface area contributed by atoms with E-state index in [1.54, 1.807) is 0 Å². The van der Waals surface area contributed by atoms with Crippen LogP contribution < -0.4 is 5.32 Å². The molecule has 0 aromatic heterocycles. The van der Waals surface area contributed by atoms with Crippen LogP contribution in [0, 0.1) is 5.92 Å².